The largest absolute Gasteiger partial charge is 1.00 e. The second-order valence-corrected chi connectivity index (χ2v) is 0.283. The van der Waals surface area contributed by atoms with E-state index in [1.165, 1.54) is 0 Å². The van der Waals surface area contributed by atoms with Crippen LogP contribution in [0.2, 0.25) is 0 Å². The molecule has 0 aliphatic heterocycles. The minimum absolute atomic E-state index is 0. The van der Waals surface area contributed by atoms with E-state index in [0.717, 1.165) is 0 Å². The SMILES string of the molecule is O=C(O)O.[H-].[K+].[K+].[SiH3-]. The molecule has 0 fully saturated rings. The summed E-state index contributed by atoms with van der Waals surface area (Å²) in [5.74, 6) is 0. The Morgan fingerprint density at radius 1 is 1.29 bits per heavy atom. The number of carbonyl (C=O) groups is 1. The molecule has 0 atom stereocenters. The van der Waals surface area contributed by atoms with Gasteiger partial charge in [-0.25, -0.2) is 4.79 Å². The predicted molar refractivity (Wildman–Crippen MR) is 21.7 cm³/mol. The van der Waals surface area contributed by atoms with Gasteiger partial charge in [0.2, 0.25) is 0 Å². The number of carboxylic acid groups (broad SMARTS) is 2. The van der Waals surface area contributed by atoms with Crippen LogP contribution in [0.1, 0.15) is 1.43 Å². The standard InChI is InChI=1S/CH2O3.2K.H3Si.H/c2-1(3)4;;;;/h(H2,2,3,4);;;1H3;/q;2*+1;2*-1. The summed E-state index contributed by atoms with van der Waals surface area (Å²) in [5.41, 5.74) is 0. The molecule has 0 saturated heterocycles. The molecule has 6 heteroatoms. The van der Waals surface area contributed by atoms with Gasteiger partial charge in [0.1, 0.15) is 0 Å². The Labute approximate surface area is 133 Å². The third kappa shape index (κ3) is 52.6. The van der Waals surface area contributed by atoms with Crippen LogP contribution >= 0.6 is 0 Å². The van der Waals surface area contributed by atoms with Gasteiger partial charge in [-0.2, -0.15) is 0 Å². The van der Waals surface area contributed by atoms with Crippen molar-refractivity contribution in [3.63, 3.8) is 0 Å². The average molecular weight is 172 g/mol. The van der Waals surface area contributed by atoms with E-state index in [9.17, 15) is 0 Å². The zero-order chi connectivity index (χ0) is 3.58. The second-order valence-electron chi connectivity index (χ2n) is 0.283. The van der Waals surface area contributed by atoms with Crippen molar-refractivity contribution in [1.29, 1.82) is 0 Å². The minimum atomic E-state index is -1.83. The fraction of sp³-hybridized carbons (Fsp3) is 0. The van der Waals surface area contributed by atoms with Gasteiger partial charge in [0.25, 0.3) is 0 Å². The van der Waals surface area contributed by atoms with E-state index in [0.29, 0.717) is 0 Å². The molecule has 0 unspecified atom stereocenters. The molecule has 0 aromatic carbocycles. The van der Waals surface area contributed by atoms with Crippen LogP contribution in [0.15, 0.2) is 0 Å². The zero-order valence-electron chi connectivity index (χ0n) is 5.80. The van der Waals surface area contributed by atoms with E-state index in [-0.39, 0.29) is 115 Å². The molecule has 2 N–H and O–H groups in total. The van der Waals surface area contributed by atoms with Crippen LogP contribution in [0.3, 0.4) is 0 Å². The summed E-state index contributed by atoms with van der Waals surface area (Å²) >= 11 is 0. The van der Waals surface area contributed by atoms with Gasteiger partial charge in [-0.15, -0.1) is 0 Å². The van der Waals surface area contributed by atoms with Crippen molar-refractivity contribution in [2.24, 2.45) is 0 Å². The summed E-state index contributed by atoms with van der Waals surface area (Å²) in [6, 6.07) is 0. The number of hydrogen-bond acceptors (Lipinski definition) is 1. The summed E-state index contributed by atoms with van der Waals surface area (Å²) < 4.78 is 0. The van der Waals surface area contributed by atoms with E-state index >= 15 is 0 Å². The van der Waals surface area contributed by atoms with Gasteiger partial charge in [0.15, 0.2) is 0 Å². The van der Waals surface area contributed by atoms with Crippen molar-refractivity contribution in [2.45, 2.75) is 0 Å². The molecule has 0 aliphatic carbocycles. The van der Waals surface area contributed by atoms with Gasteiger partial charge in [0.05, 0.1) is 0 Å². The van der Waals surface area contributed by atoms with Gasteiger partial charge in [-0.1, -0.05) is 0 Å². The normalized spacial score (nSPS) is 3.43. The molecule has 0 amide bonds. The maximum Gasteiger partial charge on any atom is 1.00 e. The molecule has 3 nitrogen and oxygen atoms in total. The fourth-order valence-electron chi connectivity index (χ4n) is 0. The first kappa shape index (κ1) is 22.6. The van der Waals surface area contributed by atoms with Crippen LogP contribution < -0.4 is 103 Å². The molecule has 0 aromatic rings. The van der Waals surface area contributed by atoms with Crippen molar-refractivity contribution in [3.8, 4) is 0 Å². The molecule has 0 aromatic heterocycles. The molecular weight excluding hydrogens is 166 g/mol. The van der Waals surface area contributed by atoms with Crippen LogP contribution in [0, 0.1) is 0 Å². The third-order valence-electron chi connectivity index (χ3n) is 0. The van der Waals surface area contributed by atoms with Gasteiger partial charge < -0.3 is 22.6 Å². The Balaban J connectivity index is -0.00000000750. The van der Waals surface area contributed by atoms with Crippen LogP contribution in [0.25, 0.3) is 0 Å². The fourth-order valence-corrected chi connectivity index (χ4v) is 0. The van der Waals surface area contributed by atoms with Crippen LogP contribution in [0.5, 0.6) is 0 Å². The molecule has 0 heterocycles. The Morgan fingerprint density at radius 2 is 1.29 bits per heavy atom. The minimum Gasteiger partial charge on any atom is -1.00 e. The van der Waals surface area contributed by atoms with Crippen molar-refractivity contribution >= 4 is 17.1 Å². The Hall–Kier alpha value is 2.76. The van der Waals surface area contributed by atoms with Crippen LogP contribution in [0.4, 0.5) is 4.79 Å². The van der Waals surface area contributed by atoms with Gasteiger partial charge in [-0.05, 0) is 0 Å². The maximum absolute atomic E-state index is 8.56. The maximum atomic E-state index is 8.56. The van der Waals surface area contributed by atoms with Crippen LogP contribution in [-0.4, -0.2) is 27.3 Å². The monoisotopic (exact) mass is 172 g/mol. The summed E-state index contributed by atoms with van der Waals surface area (Å²) in [4.78, 5) is 8.56. The molecule has 34 valence electrons. The average Bonchev–Trinajstić information content (AvgIpc) is 0.811. The Kier molecular flexibility index (Phi) is 51.3. The summed E-state index contributed by atoms with van der Waals surface area (Å²) in [6.45, 7) is 0. The van der Waals surface area contributed by atoms with Crippen molar-refractivity contribution < 1.29 is 119 Å². The van der Waals surface area contributed by atoms with E-state index in [1.54, 1.807) is 0 Å². The zero-order valence-corrected chi connectivity index (χ0v) is 13.0. The van der Waals surface area contributed by atoms with Gasteiger partial charge >= 0.3 is 109 Å². The quantitative estimate of drug-likeness (QED) is 0.357. The summed E-state index contributed by atoms with van der Waals surface area (Å²) in [6.07, 6.45) is -1.83. The summed E-state index contributed by atoms with van der Waals surface area (Å²) in [5, 5.41) is 13.9. The van der Waals surface area contributed by atoms with Crippen molar-refractivity contribution in [2.75, 3.05) is 0 Å². The number of rotatable bonds is 0. The topological polar surface area (TPSA) is 57.5 Å². The molecule has 0 rings (SSSR count). The van der Waals surface area contributed by atoms with Gasteiger partial charge in [0, 0.05) is 0 Å². The first-order valence-electron chi connectivity index (χ1n) is 0.651. The Bertz CT molecular complexity index is 40.3. The predicted octanol–water partition coefficient (Wildman–Crippen LogP) is -6.84. The molecule has 7 heavy (non-hydrogen) atoms. The van der Waals surface area contributed by atoms with E-state index in [1.807, 2.05) is 0 Å². The van der Waals surface area contributed by atoms with E-state index < -0.39 is 6.16 Å². The number of hydrogen-bond donors (Lipinski definition) is 2. The second kappa shape index (κ2) is 15.9. The van der Waals surface area contributed by atoms with Crippen molar-refractivity contribution in [3.05, 3.63) is 0 Å². The molecule has 0 saturated carbocycles. The van der Waals surface area contributed by atoms with E-state index in [4.69, 9.17) is 15.0 Å². The smallest absolute Gasteiger partial charge is 1.00 e. The first-order chi connectivity index (χ1) is 1.73. The summed E-state index contributed by atoms with van der Waals surface area (Å²) in [7, 11) is 0. The molecule has 0 spiro atoms. The van der Waals surface area contributed by atoms with E-state index in [2.05, 4.69) is 0 Å². The molecular formula is CH6K2O3Si. The van der Waals surface area contributed by atoms with Gasteiger partial charge in [-0.3, -0.25) is 0 Å². The third-order valence-corrected chi connectivity index (χ3v) is 0. The first-order valence-corrected chi connectivity index (χ1v) is 0.651. The molecule has 0 aliphatic rings. The Morgan fingerprint density at radius 3 is 1.29 bits per heavy atom. The molecule has 0 radical (unpaired) electrons. The molecule has 0 bridgehead atoms. The van der Waals surface area contributed by atoms with Crippen LogP contribution in [-0.2, 0) is 0 Å². The van der Waals surface area contributed by atoms with Crippen molar-refractivity contribution in [1.82, 2.24) is 0 Å².